The third kappa shape index (κ3) is 5.68. The second-order valence-electron chi connectivity index (χ2n) is 6.86. The normalized spacial score (nSPS) is 12.7. The third-order valence-electron chi connectivity index (χ3n) is 4.49. The highest BCUT2D eigenvalue weighted by atomic mass is 35.5. The summed E-state index contributed by atoms with van der Waals surface area (Å²) < 4.78 is 7.47. The van der Waals surface area contributed by atoms with E-state index < -0.39 is 24.1 Å². The molecule has 11 heteroatoms. The summed E-state index contributed by atoms with van der Waals surface area (Å²) in [7, 11) is 0. The van der Waals surface area contributed by atoms with E-state index in [0.29, 0.717) is 28.1 Å². The monoisotopic (exact) mass is 480 g/mol. The molecule has 2 aromatic carbocycles. The molecular formula is C21H22Cl2N4O5. The number of ether oxygens (including phenoxy) is 1. The van der Waals surface area contributed by atoms with Crippen LogP contribution >= 0.6 is 23.2 Å². The Hall–Kier alpha value is -2.85. The zero-order valence-corrected chi connectivity index (χ0v) is 18.7. The molecule has 3 N–H and O–H groups in total. The maximum atomic E-state index is 13.1. The molecule has 0 fully saturated rings. The maximum absolute atomic E-state index is 13.1. The van der Waals surface area contributed by atoms with Crippen LogP contribution in [0.2, 0.25) is 10.0 Å². The van der Waals surface area contributed by atoms with Gasteiger partial charge in [0.1, 0.15) is 5.75 Å². The summed E-state index contributed by atoms with van der Waals surface area (Å²) in [5, 5.41) is 19.7. The van der Waals surface area contributed by atoms with E-state index in [-0.39, 0.29) is 18.7 Å². The van der Waals surface area contributed by atoms with Crippen molar-refractivity contribution in [2.24, 2.45) is 4.99 Å². The maximum Gasteiger partial charge on any atom is 0.335 e. The Morgan fingerprint density at radius 2 is 1.84 bits per heavy atom. The van der Waals surface area contributed by atoms with Gasteiger partial charge in [-0.1, -0.05) is 35.3 Å². The first-order chi connectivity index (χ1) is 15.3. The molecule has 3 aromatic rings. The molecular weight excluding hydrogens is 459 g/mol. The molecule has 3 rings (SSSR count). The van der Waals surface area contributed by atoms with Crippen molar-refractivity contribution in [2.75, 3.05) is 13.2 Å². The first kappa shape index (κ1) is 23.8. The molecule has 170 valence electrons. The number of aromatic nitrogens is 3. The van der Waals surface area contributed by atoms with Crippen molar-refractivity contribution in [3.8, 4) is 5.75 Å². The Kier molecular flexibility index (Phi) is 7.92. The molecule has 1 atom stereocenters. The minimum Gasteiger partial charge on any atom is -0.492 e. The molecule has 1 heterocycles. The van der Waals surface area contributed by atoms with Crippen LogP contribution in [0.25, 0.3) is 0 Å². The molecule has 0 radical (unpaired) electrons. The van der Waals surface area contributed by atoms with Gasteiger partial charge in [0.15, 0.2) is 0 Å². The minimum absolute atomic E-state index is 0.00934. The van der Waals surface area contributed by atoms with E-state index in [1.807, 2.05) is 6.92 Å². The van der Waals surface area contributed by atoms with Crippen LogP contribution in [0, 0.1) is 0 Å². The van der Waals surface area contributed by atoms with E-state index in [4.69, 9.17) is 33.0 Å². The molecule has 0 aliphatic heterocycles. The van der Waals surface area contributed by atoms with Gasteiger partial charge in [-0.3, -0.25) is 9.55 Å². The molecule has 0 saturated carbocycles. The van der Waals surface area contributed by atoms with Crippen LogP contribution in [0.5, 0.6) is 5.75 Å². The standard InChI is InChI=1S/C21H22Cl2N4O5/c1-2-32-18-8-7-15(9-17(18)23)24-19-25-20(30)27(11-16(29)12-28)21(31)26(19)10-13-3-5-14(22)6-4-13/h3-9,16,28-29H,2,10-12H2,1H3,(H,24,25,30)/t16-/m0/s1. The number of H-pyrrole nitrogens is 1. The summed E-state index contributed by atoms with van der Waals surface area (Å²) in [5.74, 6) is 0.490. The number of aromatic amines is 1. The molecule has 1 aromatic heterocycles. The topological polar surface area (TPSA) is 122 Å². The van der Waals surface area contributed by atoms with E-state index in [0.717, 1.165) is 10.1 Å². The van der Waals surface area contributed by atoms with Crippen molar-refractivity contribution in [2.45, 2.75) is 26.1 Å². The zero-order chi connectivity index (χ0) is 23.3. The largest absolute Gasteiger partial charge is 0.492 e. The molecule has 0 aliphatic carbocycles. The molecule has 0 spiro atoms. The van der Waals surface area contributed by atoms with Crippen LogP contribution in [-0.2, 0) is 13.1 Å². The molecule has 0 amide bonds. The number of aliphatic hydroxyl groups excluding tert-OH is 2. The Labute approximate surface area is 192 Å². The second-order valence-corrected chi connectivity index (χ2v) is 7.70. The van der Waals surface area contributed by atoms with Crippen LogP contribution < -0.4 is 21.7 Å². The highest BCUT2D eigenvalue weighted by Gasteiger charge is 2.13. The SMILES string of the molecule is CCOc1ccc(/N=c2\[nH]c(=O)n(C[C@H](O)CO)c(=O)n2Cc2ccc(Cl)cc2)cc1Cl. The van der Waals surface area contributed by atoms with Crippen molar-refractivity contribution in [1.29, 1.82) is 0 Å². The molecule has 32 heavy (non-hydrogen) atoms. The van der Waals surface area contributed by atoms with Crippen molar-refractivity contribution in [1.82, 2.24) is 14.1 Å². The van der Waals surface area contributed by atoms with Crippen molar-refractivity contribution in [3.05, 3.63) is 84.7 Å². The van der Waals surface area contributed by atoms with E-state index >= 15 is 0 Å². The molecule has 0 aliphatic rings. The van der Waals surface area contributed by atoms with Gasteiger partial charge in [-0.05, 0) is 42.8 Å². The third-order valence-corrected chi connectivity index (χ3v) is 5.04. The number of benzene rings is 2. The fourth-order valence-corrected chi connectivity index (χ4v) is 3.30. The van der Waals surface area contributed by atoms with Gasteiger partial charge in [0.2, 0.25) is 5.62 Å². The van der Waals surface area contributed by atoms with Crippen molar-refractivity contribution < 1.29 is 14.9 Å². The summed E-state index contributed by atoms with van der Waals surface area (Å²) in [6, 6.07) is 11.7. The molecule has 0 saturated heterocycles. The number of halogens is 2. The lowest BCUT2D eigenvalue weighted by Crippen LogP contribution is -2.51. The zero-order valence-electron chi connectivity index (χ0n) is 17.2. The van der Waals surface area contributed by atoms with Crippen LogP contribution in [0.1, 0.15) is 12.5 Å². The molecule has 0 unspecified atom stereocenters. The lowest BCUT2D eigenvalue weighted by Gasteiger charge is -2.13. The van der Waals surface area contributed by atoms with Crippen LogP contribution in [0.3, 0.4) is 0 Å². The van der Waals surface area contributed by atoms with Gasteiger partial charge in [0.05, 0.1) is 43.1 Å². The molecule has 0 bridgehead atoms. The van der Waals surface area contributed by atoms with Gasteiger partial charge in [-0.15, -0.1) is 0 Å². The van der Waals surface area contributed by atoms with E-state index in [9.17, 15) is 14.7 Å². The summed E-state index contributed by atoms with van der Waals surface area (Å²) >= 11 is 12.2. The summed E-state index contributed by atoms with van der Waals surface area (Å²) in [6.45, 7) is 1.39. The highest BCUT2D eigenvalue weighted by Crippen LogP contribution is 2.28. The van der Waals surface area contributed by atoms with Gasteiger partial charge >= 0.3 is 11.4 Å². The quantitative estimate of drug-likeness (QED) is 0.452. The minimum atomic E-state index is -1.27. The fourth-order valence-electron chi connectivity index (χ4n) is 2.94. The Morgan fingerprint density at radius 1 is 1.12 bits per heavy atom. The second kappa shape index (κ2) is 10.6. The van der Waals surface area contributed by atoms with Crippen molar-refractivity contribution >= 4 is 28.9 Å². The van der Waals surface area contributed by atoms with Gasteiger partial charge in [0.25, 0.3) is 0 Å². The average molecular weight is 481 g/mol. The average Bonchev–Trinajstić information content (AvgIpc) is 2.77. The van der Waals surface area contributed by atoms with Crippen molar-refractivity contribution in [3.63, 3.8) is 0 Å². The first-order valence-electron chi connectivity index (χ1n) is 9.76. The predicted molar refractivity (Wildman–Crippen MR) is 121 cm³/mol. The van der Waals surface area contributed by atoms with Gasteiger partial charge in [-0.2, -0.15) is 0 Å². The lowest BCUT2D eigenvalue weighted by atomic mass is 10.2. The van der Waals surface area contributed by atoms with Crippen LogP contribution in [-0.4, -0.2) is 43.6 Å². The van der Waals surface area contributed by atoms with Gasteiger partial charge < -0.3 is 14.9 Å². The Balaban J connectivity index is 2.16. The van der Waals surface area contributed by atoms with Crippen LogP contribution in [0.15, 0.2) is 57.0 Å². The number of hydrogen-bond donors (Lipinski definition) is 3. The number of nitrogens with zero attached hydrogens (tertiary/aromatic N) is 3. The number of nitrogens with one attached hydrogen (secondary N) is 1. The number of rotatable bonds is 8. The number of aliphatic hydroxyl groups is 2. The summed E-state index contributed by atoms with van der Waals surface area (Å²) in [5.41, 5.74) is -0.354. The lowest BCUT2D eigenvalue weighted by molar-refractivity contribution is 0.0783. The summed E-state index contributed by atoms with van der Waals surface area (Å²) in [6.07, 6.45) is -1.27. The Bertz CT molecular complexity index is 1260. The molecule has 9 nitrogen and oxygen atoms in total. The van der Waals surface area contributed by atoms with Gasteiger partial charge in [-0.25, -0.2) is 19.1 Å². The van der Waals surface area contributed by atoms with Gasteiger partial charge in [0, 0.05) is 5.02 Å². The highest BCUT2D eigenvalue weighted by molar-refractivity contribution is 6.32. The smallest absolute Gasteiger partial charge is 0.335 e. The summed E-state index contributed by atoms with van der Waals surface area (Å²) in [4.78, 5) is 32.6. The Morgan fingerprint density at radius 3 is 2.47 bits per heavy atom. The predicted octanol–water partition coefficient (Wildman–Crippen LogP) is 1.68. The van der Waals surface area contributed by atoms with E-state index in [2.05, 4.69) is 9.98 Å². The van der Waals surface area contributed by atoms with Crippen LogP contribution in [0.4, 0.5) is 5.69 Å². The fraction of sp³-hybridized carbons (Fsp3) is 0.286. The van der Waals surface area contributed by atoms with E-state index in [1.54, 1.807) is 42.5 Å². The first-order valence-corrected chi connectivity index (χ1v) is 10.5. The number of hydrogen-bond acceptors (Lipinski definition) is 6. The van der Waals surface area contributed by atoms with E-state index in [1.165, 1.54) is 4.57 Å².